The largest absolute Gasteiger partial charge is 0.349 e. The first-order valence-corrected chi connectivity index (χ1v) is 9.16. The van der Waals surface area contributed by atoms with E-state index in [-0.39, 0.29) is 5.02 Å². The minimum absolute atomic E-state index is 0.104. The van der Waals surface area contributed by atoms with E-state index in [1.165, 1.54) is 0 Å². The van der Waals surface area contributed by atoms with Gasteiger partial charge in [0.25, 0.3) is 11.8 Å². The van der Waals surface area contributed by atoms with E-state index in [4.69, 9.17) is 26.7 Å². The monoisotopic (exact) mass is 472 g/mol. The first kappa shape index (κ1) is 12.1. The number of hydrogen-bond donors (Lipinski definition) is 2. The molecule has 166 valence electrons. The van der Waals surface area contributed by atoms with Crippen LogP contribution in [0.15, 0.2) is 42.4 Å². The number of amides is 4. The Labute approximate surface area is 202 Å². The molecule has 0 spiro atoms. The molecule has 2 aliphatic heterocycles. The summed E-state index contributed by atoms with van der Waals surface area (Å²) in [7, 11) is 0. The molecule has 0 bridgehead atoms. The molecule has 4 amide bonds. The summed E-state index contributed by atoms with van der Waals surface area (Å²) in [6.45, 7) is -4.66. The Bertz CT molecular complexity index is 1610. The highest BCUT2D eigenvalue weighted by molar-refractivity contribution is 6.30. The summed E-state index contributed by atoms with van der Waals surface area (Å²) in [5.74, 6) is -12.1. The van der Waals surface area contributed by atoms with E-state index in [1.807, 2.05) is 0 Å². The van der Waals surface area contributed by atoms with Crippen molar-refractivity contribution in [3.05, 3.63) is 69.7 Å². The van der Waals surface area contributed by atoms with Crippen molar-refractivity contribution in [3.63, 3.8) is 0 Å². The Hall–Kier alpha value is -3.33. The molecule has 2 aromatic carbocycles. The quantitative estimate of drug-likeness (QED) is 0.654. The van der Waals surface area contributed by atoms with Crippen LogP contribution in [0.2, 0.25) is 6.43 Å². The number of hydrogen-bond acceptors (Lipinski definition) is 4. The van der Waals surface area contributed by atoms with Gasteiger partial charge in [0.2, 0.25) is 11.8 Å². The van der Waals surface area contributed by atoms with Crippen LogP contribution in [0.1, 0.15) is 53.5 Å². The van der Waals surface area contributed by atoms with E-state index < -0.39 is 112 Å². The van der Waals surface area contributed by atoms with Crippen LogP contribution < -0.4 is 10.6 Å². The van der Waals surface area contributed by atoms with Gasteiger partial charge in [0.1, 0.15) is 6.02 Å². The van der Waals surface area contributed by atoms with Crippen molar-refractivity contribution < 1.29 is 43.1 Å². The maximum Gasteiger partial charge on any atom is 0.349 e. The van der Waals surface area contributed by atoms with Crippen LogP contribution in [0.3, 0.4) is 0 Å². The van der Waals surface area contributed by atoms with Crippen molar-refractivity contribution in [2.75, 3.05) is 0 Å². The van der Waals surface area contributed by atoms with Crippen LogP contribution >= 0.6 is 11.6 Å². The molecule has 2 aliphatic rings. The van der Waals surface area contributed by atoms with E-state index in [0.29, 0.717) is 0 Å². The molecule has 2 N–H and O–H groups in total. The van der Waals surface area contributed by atoms with Gasteiger partial charge in [-0.3, -0.25) is 24.5 Å². The predicted octanol–water partition coefficient (Wildman–Crippen LogP) is 2.51. The molecular formula is C22H18ClF2N3O4. The fourth-order valence-electron chi connectivity index (χ4n) is 2.77. The van der Waals surface area contributed by atoms with Crippen molar-refractivity contribution in [2.45, 2.75) is 37.7 Å². The summed E-state index contributed by atoms with van der Waals surface area (Å²) in [5, 5.41) is 1.15. The smallest absolute Gasteiger partial charge is 0.346 e. The van der Waals surface area contributed by atoms with Gasteiger partial charge >= 0.3 is 5.92 Å². The van der Waals surface area contributed by atoms with Gasteiger partial charge in [-0.1, -0.05) is 35.8 Å². The number of halogens is 3. The molecule has 4 rings (SSSR count). The molecule has 1 atom stereocenters. The lowest BCUT2D eigenvalue weighted by Gasteiger charge is -2.29. The van der Waals surface area contributed by atoms with E-state index in [0.717, 1.165) is 24.3 Å². The van der Waals surface area contributed by atoms with Gasteiger partial charge in [-0.2, -0.15) is 8.78 Å². The minimum atomic E-state index is -4.15. The lowest BCUT2D eigenvalue weighted by molar-refractivity contribution is -0.147. The van der Waals surface area contributed by atoms with Crippen LogP contribution in [0.25, 0.3) is 0 Å². The maximum atomic E-state index is 14.7. The number of alkyl halides is 2. The molecule has 7 nitrogen and oxygen atoms in total. The number of fused-ring (bicyclic) bond motifs is 1. The van der Waals surface area contributed by atoms with Crippen molar-refractivity contribution in [3.8, 4) is 0 Å². The number of nitrogens with one attached hydrogen (secondary N) is 2. The second-order valence-electron chi connectivity index (χ2n) is 6.44. The molecule has 2 heterocycles. The average molecular weight is 473 g/mol. The number of rotatable bonds is 5. The third-order valence-electron chi connectivity index (χ3n) is 4.34. The van der Waals surface area contributed by atoms with Crippen molar-refractivity contribution in [1.29, 1.82) is 0 Å². The Morgan fingerprint density at radius 1 is 1.34 bits per heavy atom. The summed E-state index contributed by atoms with van der Waals surface area (Å²) in [4.78, 5) is 50.5. The standard InChI is InChI=1S/C22H18ClF2N3O4/c23-15-4-2-14(3-5-15)22(24,25)21(32)26-10-12-1-6-16-13(9-12)11-28(20(16)31)17-7-8-18(29)27-19(17)30/h1-6,9,17H,7-8,10-11H2,(H,26,32)(H,27,29,30)/i1D,6D,7D2,8D2,9D,11D2,17D/hD. The highest BCUT2D eigenvalue weighted by Crippen LogP contribution is 2.30. The van der Waals surface area contributed by atoms with Crippen LogP contribution in [0.4, 0.5) is 8.78 Å². The third kappa shape index (κ3) is 4.08. The molecule has 1 fully saturated rings. The normalized spacial score (nSPS) is 30.7. The van der Waals surface area contributed by atoms with Gasteiger partial charge in [-0.15, -0.1) is 0 Å². The zero-order valence-corrected chi connectivity index (χ0v) is 16.4. The average Bonchev–Trinajstić information content (AvgIpc) is 3.14. The number of nitrogens with zero attached hydrogens (tertiary/aromatic N) is 1. The molecule has 0 aromatic heterocycles. The second kappa shape index (κ2) is 8.31. The lowest BCUT2D eigenvalue weighted by Crippen LogP contribution is -2.52. The Balaban J connectivity index is 1.80. The first-order valence-electron chi connectivity index (χ1n) is 14.2. The molecule has 10 heteroatoms. The van der Waals surface area contributed by atoms with Gasteiger partial charge in [-0.05, 0) is 35.7 Å². The number of carbonyl (C=O) groups excluding carboxylic acids is 4. The van der Waals surface area contributed by atoms with E-state index in [2.05, 4.69) is 0 Å². The Morgan fingerprint density at radius 2 is 2.06 bits per heavy atom. The molecule has 2 aromatic rings. The SMILES string of the molecule is [2H]c1c([2H])c2c(c([2H])c1CNC(=O)C(F)(F)c1ccc(Cl)cc1)C([2H])([2H])N(C1([2H])C(=O)N([2H])C(=O)C([2H])([2H])C1([2H])[2H])C2=O. The van der Waals surface area contributed by atoms with Gasteiger partial charge in [0, 0.05) is 41.0 Å². The van der Waals surface area contributed by atoms with Crippen LogP contribution in [-0.4, -0.2) is 34.5 Å². The second-order valence-corrected chi connectivity index (χ2v) is 6.88. The van der Waals surface area contributed by atoms with Crippen molar-refractivity contribution >= 4 is 35.2 Å². The van der Waals surface area contributed by atoms with Gasteiger partial charge < -0.3 is 10.2 Å². The summed E-state index contributed by atoms with van der Waals surface area (Å²) >= 11 is 5.67. The number of benzene rings is 2. The molecule has 0 radical (unpaired) electrons. The summed E-state index contributed by atoms with van der Waals surface area (Å²) < 4.78 is 120. The van der Waals surface area contributed by atoms with Gasteiger partial charge in [0.15, 0.2) is 1.41 Å². The van der Waals surface area contributed by atoms with E-state index in [1.54, 1.807) is 5.32 Å². The molecule has 0 saturated carbocycles. The van der Waals surface area contributed by atoms with Crippen molar-refractivity contribution in [2.24, 2.45) is 0 Å². The molecule has 0 aliphatic carbocycles. The topological polar surface area (TPSA) is 95.6 Å². The van der Waals surface area contributed by atoms with Crippen LogP contribution in [-0.2, 0) is 33.3 Å². The summed E-state index contributed by atoms with van der Waals surface area (Å²) in [6.07, 6.45) is -7.83. The Kier molecular flexibility index (Phi) is 3.13. The number of piperidine rings is 1. The highest BCUT2D eigenvalue weighted by Gasteiger charge is 2.41. The molecule has 1 unspecified atom stereocenters. The van der Waals surface area contributed by atoms with Crippen molar-refractivity contribution in [1.82, 2.24) is 15.5 Å². The first-order chi connectivity index (χ1) is 19.5. The maximum absolute atomic E-state index is 14.7. The third-order valence-corrected chi connectivity index (χ3v) is 4.59. The minimum Gasteiger partial charge on any atom is -0.346 e. The lowest BCUT2D eigenvalue weighted by atomic mass is 10.0. The fraction of sp³-hybridized carbons (Fsp3) is 0.273. The summed E-state index contributed by atoms with van der Waals surface area (Å²) in [5.41, 5.74) is -3.73. The fourth-order valence-corrected chi connectivity index (χ4v) is 2.90. The molecule has 1 saturated heterocycles. The molecular weight excluding hydrogens is 444 g/mol. The zero-order chi connectivity index (χ0) is 32.8. The van der Waals surface area contributed by atoms with E-state index >= 15 is 0 Å². The van der Waals surface area contributed by atoms with Gasteiger partial charge in [-0.25, -0.2) is 0 Å². The number of imide groups is 1. The van der Waals surface area contributed by atoms with Gasteiger partial charge in [0.05, 0.1) is 8.22 Å². The number of carbonyl (C=O) groups is 4. The zero-order valence-electron chi connectivity index (χ0n) is 26.7. The van der Waals surface area contributed by atoms with Crippen LogP contribution in [0.5, 0.6) is 0 Å². The highest BCUT2D eigenvalue weighted by atomic mass is 35.5. The van der Waals surface area contributed by atoms with E-state index in [9.17, 15) is 28.0 Å². The summed E-state index contributed by atoms with van der Waals surface area (Å²) in [6, 6.07) is -3.34. The molecule has 32 heavy (non-hydrogen) atoms. The Morgan fingerprint density at radius 3 is 2.78 bits per heavy atom. The van der Waals surface area contributed by atoms with Crippen LogP contribution in [0, 0.1) is 0 Å². The predicted molar refractivity (Wildman–Crippen MR) is 110 cm³/mol.